The number of halogens is 1. The molecule has 16 heavy (non-hydrogen) atoms. The number of hydrogen-bond acceptors (Lipinski definition) is 5. The first-order chi connectivity index (χ1) is 7.20. The lowest BCUT2D eigenvalue weighted by Gasteiger charge is -2.07. The van der Waals surface area contributed by atoms with Crippen LogP contribution < -0.4 is 4.72 Å². The molecular formula is C7H9ClN2O4S2. The van der Waals surface area contributed by atoms with Crippen LogP contribution in [0.5, 0.6) is 0 Å². The van der Waals surface area contributed by atoms with Crippen molar-refractivity contribution in [2.75, 3.05) is 16.1 Å². The van der Waals surface area contributed by atoms with Gasteiger partial charge >= 0.3 is 0 Å². The monoisotopic (exact) mass is 284 g/mol. The number of aromatic nitrogens is 1. The van der Waals surface area contributed by atoms with Gasteiger partial charge in [-0.05, 0) is 6.07 Å². The Kier molecular flexibility index (Phi) is 3.76. The summed E-state index contributed by atoms with van der Waals surface area (Å²) >= 11 is 5.69. The van der Waals surface area contributed by atoms with Crippen LogP contribution in [0.2, 0.25) is 5.02 Å². The summed E-state index contributed by atoms with van der Waals surface area (Å²) in [6.45, 7) is 0. The molecule has 1 N–H and O–H groups in total. The van der Waals surface area contributed by atoms with Gasteiger partial charge in [-0.1, -0.05) is 11.6 Å². The van der Waals surface area contributed by atoms with E-state index >= 15 is 0 Å². The van der Waals surface area contributed by atoms with Gasteiger partial charge in [0.1, 0.15) is 0 Å². The quantitative estimate of drug-likeness (QED) is 0.868. The molecule has 9 heteroatoms. The summed E-state index contributed by atoms with van der Waals surface area (Å²) in [5.41, 5.74) is 0.0489. The Hall–Kier alpha value is -0.860. The number of pyridine rings is 1. The molecule has 0 atom stereocenters. The van der Waals surface area contributed by atoms with Gasteiger partial charge in [0.05, 0.1) is 16.9 Å². The van der Waals surface area contributed by atoms with E-state index in [9.17, 15) is 16.8 Å². The molecule has 6 nitrogen and oxygen atoms in total. The SMILES string of the molecule is CS(=O)(=O)CS(=O)(=O)Nc1cnccc1Cl. The van der Waals surface area contributed by atoms with Crippen LogP contribution >= 0.6 is 11.6 Å². The van der Waals surface area contributed by atoms with Crippen molar-refractivity contribution in [3.63, 3.8) is 0 Å². The predicted molar refractivity (Wildman–Crippen MR) is 61.5 cm³/mol. The summed E-state index contributed by atoms with van der Waals surface area (Å²) in [6, 6.07) is 1.39. The van der Waals surface area contributed by atoms with Gasteiger partial charge in [0.15, 0.2) is 14.9 Å². The van der Waals surface area contributed by atoms with Gasteiger partial charge in [0.2, 0.25) is 10.0 Å². The maximum absolute atomic E-state index is 11.4. The summed E-state index contributed by atoms with van der Waals surface area (Å²) in [4.78, 5) is 3.67. The van der Waals surface area contributed by atoms with Crippen LogP contribution in [0.3, 0.4) is 0 Å². The molecule has 0 saturated carbocycles. The number of nitrogens with one attached hydrogen (secondary N) is 1. The van der Waals surface area contributed by atoms with E-state index in [-0.39, 0.29) is 10.7 Å². The highest BCUT2D eigenvalue weighted by Crippen LogP contribution is 2.20. The number of sulfone groups is 1. The Morgan fingerprint density at radius 2 is 2.00 bits per heavy atom. The van der Waals surface area contributed by atoms with Crippen LogP contribution in [0.4, 0.5) is 5.69 Å². The van der Waals surface area contributed by atoms with Crippen molar-refractivity contribution in [2.45, 2.75) is 0 Å². The summed E-state index contributed by atoms with van der Waals surface area (Å²) in [5, 5.41) is -0.849. The minimum absolute atomic E-state index is 0.0489. The molecule has 0 aliphatic rings. The van der Waals surface area contributed by atoms with Crippen molar-refractivity contribution in [1.82, 2.24) is 4.98 Å². The van der Waals surface area contributed by atoms with E-state index in [4.69, 9.17) is 11.6 Å². The molecule has 0 radical (unpaired) electrons. The first-order valence-corrected chi connectivity index (χ1v) is 8.06. The van der Waals surface area contributed by atoms with Crippen LogP contribution in [-0.2, 0) is 19.9 Å². The van der Waals surface area contributed by atoms with Crippen LogP contribution in [0, 0.1) is 0 Å². The van der Waals surface area contributed by atoms with E-state index in [0.29, 0.717) is 0 Å². The van der Waals surface area contributed by atoms with Gasteiger partial charge in [-0.2, -0.15) is 0 Å². The first kappa shape index (κ1) is 13.2. The minimum atomic E-state index is -3.98. The zero-order chi connectivity index (χ0) is 12.4. The second-order valence-corrected chi connectivity index (χ2v) is 7.75. The summed E-state index contributed by atoms with van der Waals surface area (Å²) in [5.74, 6) is 0. The number of hydrogen-bond donors (Lipinski definition) is 1. The van der Waals surface area contributed by atoms with Crippen molar-refractivity contribution in [3.05, 3.63) is 23.5 Å². The lowest BCUT2D eigenvalue weighted by molar-refractivity contribution is 0.595. The van der Waals surface area contributed by atoms with Crippen LogP contribution in [-0.4, -0.2) is 33.2 Å². The highest BCUT2D eigenvalue weighted by Gasteiger charge is 2.19. The van der Waals surface area contributed by atoms with Crippen molar-refractivity contribution in [3.8, 4) is 0 Å². The first-order valence-electron chi connectivity index (χ1n) is 3.97. The lowest BCUT2D eigenvalue weighted by atomic mass is 10.4. The molecule has 0 saturated heterocycles. The van der Waals surface area contributed by atoms with E-state index in [1.165, 1.54) is 18.5 Å². The molecule has 1 aromatic heterocycles. The van der Waals surface area contributed by atoms with E-state index in [0.717, 1.165) is 6.26 Å². The molecule has 1 heterocycles. The number of nitrogens with zero attached hydrogens (tertiary/aromatic N) is 1. The van der Waals surface area contributed by atoms with Gasteiger partial charge in [-0.25, -0.2) is 16.8 Å². The number of anilines is 1. The highest BCUT2D eigenvalue weighted by atomic mass is 35.5. The zero-order valence-corrected chi connectivity index (χ0v) is 10.6. The fourth-order valence-corrected chi connectivity index (χ4v) is 4.13. The Morgan fingerprint density at radius 3 is 2.50 bits per heavy atom. The van der Waals surface area contributed by atoms with Gasteiger partial charge in [0, 0.05) is 12.5 Å². The third-order valence-corrected chi connectivity index (χ3v) is 5.22. The van der Waals surface area contributed by atoms with E-state index in [1.54, 1.807) is 0 Å². The third kappa shape index (κ3) is 4.33. The molecule has 0 aliphatic heterocycles. The number of sulfonamides is 1. The van der Waals surface area contributed by atoms with E-state index in [2.05, 4.69) is 4.98 Å². The third-order valence-electron chi connectivity index (χ3n) is 1.40. The number of rotatable bonds is 4. The van der Waals surface area contributed by atoms with E-state index < -0.39 is 24.9 Å². The average molecular weight is 285 g/mol. The molecule has 0 amide bonds. The molecule has 1 aromatic rings. The normalized spacial score (nSPS) is 12.4. The summed E-state index contributed by atoms with van der Waals surface area (Å²) < 4.78 is 46.5. The molecule has 0 aliphatic carbocycles. The maximum Gasteiger partial charge on any atom is 0.247 e. The highest BCUT2D eigenvalue weighted by molar-refractivity contribution is 8.08. The van der Waals surface area contributed by atoms with Gasteiger partial charge in [-0.15, -0.1) is 0 Å². The van der Waals surface area contributed by atoms with Gasteiger partial charge < -0.3 is 0 Å². The van der Waals surface area contributed by atoms with Gasteiger partial charge in [0.25, 0.3) is 0 Å². The topological polar surface area (TPSA) is 93.2 Å². The fraction of sp³-hybridized carbons (Fsp3) is 0.286. The molecule has 0 bridgehead atoms. The lowest BCUT2D eigenvalue weighted by Crippen LogP contribution is -2.22. The smallest absolute Gasteiger partial charge is 0.247 e. The molecule has 1 rings (SSSR count). The molecule has 0 fully saturated rings. The summed E-state index contributed by atoms with van der Waals surface area (Å²) in [6.07, 6.45) is 3.41. The Bertz CT molecular complexity index is 582. The molecule has 0 unspecified atom stereocenters. The summed E-state index contributed by atoms with van der Waals surface area (Å²) in [7, 11) is -7.61. The Morgan fingerprint density at radius 1 is 1.38 bits per heavy atom. The van der Waals surface area contributed by atoms with Crippen molar-refractivity contribution >= 4 is 37.1 Å². The van der Waals surface area contributed by atoms with Crippen molar-refractivity contribution in [1.29, 1.82) is 0 Å². The zero-order valence-electron chi connectivity index (χ0n) is 8.21. The van der Waals surface area contributed by atoms with Gasteiger partial charge in [-0.3, -0.25) is 9.71 Å². The van der Waals surface area contributed by atoms with Crippen LogP contribution in [0.25, 0.3) is 0 Å². The second-order valence-electron chi connectivity index (χ2n) is 3.12. The average Bonchev–Trinajstić information content (AvgIpc) is 2.04. The molecule has 90 valence electrons. The Balaban J connectivity index is 2.95. The second kappa shape index (κ2) is 4.56. The predicted octanol–water partition coefficient (Wildman–Crippen LogP) is 0.479. The van der Waals surface area contributed by atoms with Crippen LogP contribution in [0.15, 0.2) is 18.5 Å². The van der Waals surface area contributed by atoms with Crippen LogP contribution in [0.1, 0.15) is 0 Å². The van der Waals surface area contributed by atoms with E-state index in [1.807, 2.05) is 4.72 Å². The standard InChI is InChI=1S/C7H9ClN2O4S2/c1-15(11,12)5-16(13,14)10-7-4-9-3-2-6(7)8/h2-4,10H,5H2,1H3. The molecular weight excluding hydrogens is 276 g/mol. The van der Waals surface area contributed by atoms with Crippen molar-refractivity contribution < 1.29 is 16.8 Å². The maximum atomic E-state index is 11.4. The molecule has 0 aromatic carbocycles. The molecule has 0 spiro atoms. The van der Waals surface area contributed by atoms with Crippen molar-refractivity contribution in [2.24, 2.45) is 0 Å². The fourth-order valence-electron chi connectivity index (χ4n) is 0.931. The largest absolute Gasteiger partial charge is 0.280 e. The minimum Gasteiger partial charge on any atom is -0.280 e. The Labute approximate surface area is 98.6 Å².